The Morgan fingerprint density at radius 3 is 1.47 bits per heavy atom. The number of ether oxygens (including phenoxy) is 1. The highest BCUT2D eigenvalue weighted by Gasteiger charge is 2.21. The zero-order valence-electron chi connectivity index (χ0n) is 27.2. The summed E-state index contributed by atoms with van der Waals surface area (Å²) in [7, 11) is 0. The van der Waals surface area contributed by atoms with E-state index in [1.807, 2.05) is 24.3 Å². The maximum absolute atomic E-state index is 6.49. The zero-order chi connectivity index (χ0) is 32.3. The molecule has 0 amide bonds. The summed E-state index contributed by atoms with van der Waals surface area (Å²) in [5.41, 5.74) is 9.17. The van der Waals surface area contributed by atoms with Gasteiger partial charge in [0.2, 0.25) is 0 Å². The first-order valence-electron chi connectivity index (χ1n) is 16.6. The summed E-state index contributed by atoms with van der Waals surface area (Å²) in [6.45, 7) is 4.47. The van der Waals surface area contributed by atoms with Crippen molar-refractivity contribution in [3.63, 3.8) is 0 Å². The Kier molecular flexibility index (Phi) is 10.5. The van der Waals surface area contributed by atoms with Crippen LogP contribution in [0.3, 0.4) is 0 Å². The van der Waals surface area contributed by atoms with Gasteiger partial charge in [-0.1, -0.05) is 142 Å². The van der Waals surface area contributed by atoms with Crippen molar-refractivity contribution < 1.29 is 9.15 Å². The van der Waals surface area contributed by atoms with Gasteiger partial charge in [0.05, 0.1) is 23.3 Å². The Hall–Kier alpha value is -5.47. The van der Waals surface area contributed by atoms with Crippen LogP contribution in [0, 0.1) is 0 Å². The van der Waals surface area contributed by atoms with Crippen molar-refractivity contribution >= 4 is 17.1 Å². The van der Waals surface area contributed by atoms with Crippen LogP contribution in [0.15, 0.2) is 179 Å². The predicted molar refractivity (Wildman–Crippen MR) is 198 cm³/mol. The maximum atomic E-state index is 6.49. The number of allylic oxidation sites excluding steroid dienone is 8. The molecule has 1 aliphatic heterocycles. The van der Waals surface area contributed by atoms with Crippen molar-refractivity contribution in [1.82, 2.24) is 0 Å². The Bertz CT molecular complexity index is 1810. The molecule has 0 aliphatic carbocycles. The lowest BCUT2D eigenvalue weighted by Gasteiger charge is -2.20. The van der Waals surface area contributed by atoms with E-state index in [1.54, 1.807) is 0 Å². The molecule has 0 spiro atoms. The standard InChI is InChI=1S/C45H41O2/c1-3-18-34(40-30-42(36-20-9-5-10-21-36)46-43(31-40)37-22-11-6-12-23-37)28-17-29-35(19-4-2)41-32-44(38-24-13-7-14-25-38)47-45(33-41)39-26-15-8-16-27-39/h5-17,20-33H,3-4,18-19H2,1-2H3/q+1. The smallest absolute Gasteiger partial charge is 0.361 e. The van der Waals surface area contributed by atoms with Crippen LogP contribution in [-0.2, 0) is 4.74 Å². The molecule has 6 rings (SSSR count). The van der Waals surface area contributed by atoms with Crippen molar-refractivity contribution in [1.29, 1.82) is 0 Å². The van der Waals surface area contributed by atoms with E-state index in [4.69, 9.17) is 9.15 Å². The number of hydrogen-bond acceptors (Lipinski definition) is 1. The lowest BCUT2D eigenvalue weighted by molar-refractivity contribution is 0.466. The minimum atomic E-state index is 0.862. The van der Waals surface area contributed by atoms with Gasteiger partial charge in [0, 0.05) is 11.1 Å². The SMILES string of the molecule is CCCC(/C=C/C=C(\CCC)c1cc(-c2ccccc2)[o+]c(-c2ccccc2)c1)=C1C=C(c2ccccc2)OC(c2ccccc2)=C1. The van der Waals surface area contributed by atoms with E-state index in [2.05, 4.69) is 153 Å². The molecule has 0 radical (unpaired) electrons. The summed E-state index contributed by atoms with van der Waals surface area (Å²) < 4.78 is 13.0. The third-order valence-electron chi connectivity index (χ3n) is 8.19. The lowest BCUT2D eigenvalue weighted by Crippen LogP contribution is -2.01. The van der Waals surface area contributed by atoms with E-state index in [-0.39, 0.29) is 0 Å². The molecule has 232 valence electrons. The summed E-state index contributed by atoms with van der Waals surface area (Å²) in [6, 6.07) is 45.8. The van der Waals surface area contributed by atoms with Gasteiger partial charge in [0.25, 0.3) is 0 Å². The minimum Gasteiger partial charge on any atom is -0.456 e. The second-order valence-corrected chi connectivity index (χ2v) is 11.7. The van der Waals surface area contributed by atoms with E-state index < -0.39 is 0 Å². The maximum Gasteiger partial charge on any atom is 0.361 e. The van der Waals surface area contributed by atoms with Gasteiger partial charge in [-0.2, -0.15) is 0 Å². The van der Waals surface area contributed by atoms with Gasteiger partial charge in [-0.05, 0) is 71.5 Å². The van der Waals surface area contributed by atoms with Crippen LogP contribution >= 0.6 is 0 Å². The quantitative estimate of drug-likeness (QED) is 0.109. The summed E-state index contributed by atoms with van der Waals surface area (Å²) in [6.07, 6.45) is 15.2. The first kappa shape index (κ1) is 31.5. The van der Waals surface area contributed by atoms with E-state index in [0.717, 1.165) is 71.0 Å². The van der Waals surface area contributed by atoms with Crippen molar-refractivity contribution in [3.05, 3.63) is 192 Å². The first-order chi connectivity index (χ1) is 23.2. The molecule has 0 unspecified atom stereocenters. The van der Waals surface area contributed by atoms with Crippen molar-refractivity contribution in [2.24, 2.45) is 0 Å². The lowest BCUT2D eigenvalue weighted by atomic mass is 9.96. The predicted octanol–water partition coefficient (Wildman–Crippen LogP) is 12.8. The van der Waals surface area contributed by atoms with Crippen LogP contribution < -0.4 is 0 Å². The van der Waals surface area contributed by atoms with E-state index >= 15 is 0 Å². The normalized spacial score (nSPS) is 13.2. The molecule has 5 aromatic rings. The van der Waals surface area contributed by atoms with Gasteiger partial charge in [-0.15, -0.1) is 0 Å². The van der Waals surface area contributed by atoms with Crippen molar-refractivity contribution in [2.75, 3.05) is 0 Å². The van der Waals surface area contributed by atoms with Gasteiger partial charge < -0.3 is 4.74 Å². The Morgan fingerprint density at radius 1 is 0.574 bits per heavy atom. The second-order valence-electron chi connectivity index (χ2n) is 11.7. The van der Waals surface area contributed by atoms with Crippen LogP contribution in [0.25, 0.3) is 39.7 Å². The third kappa shape index (κ3) is 8.04. The molecule has 2 heteroatoms. The topological polar surface area (TPSA) is 20.5 Å². The van der Waals surface area contributed by atoms with Gasteiger partial charge in [-0.25, -0.2) is 4.42 Å². The molecule has 0 fully saturated rings. The molecule has 2 heterocycles. The molecular formula is C45H41O2+. The monoisotopic (exact) mass is 613 g/mol. The van der Waals surface area contributed by atoms with Crippen molar-refractivity contribution in [3.8, 4) is 22.6 Å². The number of rotatable bonds is 11. The van der Waals surface area contributed by atoms with Gasteiger partial charge in [0.1, 0.15) is 11.5 Å². The fourth-order valence-electron chi connectivity index (χ4n) is 5.82. The molecule has 1 aromatic heterocycles. The van der Waals surface area contributed by atoms with Crippen LogP contribution in [0.4, 0.5) is 0 Å². The summed E-state index contributed by atoms with van der Waals surface area (Å²) in [4.78, 5) is 0. The summed E-state index contributed by atoms with van der Waals surface area (Å²) in [5.74, 6) is 3.45. The van der Waals surface area contributed by atoms with Gasteiger partial charge >= 0.3 is 11.5 Å². The van der Waals surface area contributed by atoms with E-state index in [1.165, 1.54) is 22.3 Å². The molecule has 1 aliphatic rings. The molecule has 2 nitrogen and oxygen atoms in total. The van der Waals surface area contributed by atoms with E-state index in [9.17, 15) is 0 Å². The molecule has 0 atom stereocenters. The molecule has 0 saturated carbocycles. The molecular weight excluding hydrogens is 572 g/mol. The van der Waals surface area contributed by atoms with Gasteiger partial charge in [-0.3, -0.25) is 0 Å². The minimum absolute atomic E-state index is 0.862. The van der Waals surface area contributed by atoms with Crippen molar-refractivity contribution in [2.45, 2.75) is 39.5 Å². The highest BCUT2D eigenvalue weighted by atomic mass is 16.5. The molecule has 0 N–H and O–H groups in total. The average molecular weight is 614 g/mol. The molecule has 0 bridgehead atoms. The van der Waals surface area contributed by atoms with Crippen LogP contribution in [0.5, 0.6) is 0 Å². The first-order valence-corrected chi connectivity index (χ1v) is 16.6. The molecule has 47 heavy (non-hydrogen) atoms. The molecule has 0 saturated heterocycles. The Morgan fingerprint density at radius 2 is 1.02 bits per heavy atom. The number of benzene rings is 4. The highest BCUT2D eigenvalue weighted by molar-refractivity contribution is 5.79. The third-order valence-corrected chi connectivity index (χ3v) is 8.19. The Labute approximate surface area is 279 Å². The second kappa shape index (κ2) is 15.7. The van der Waals surface area contributed by atoms with Crippen LogP contribution in [0.1, 0.15) is 56.2 Å². The average Bonchev–Trinajstić information content (AvgIpc) is 3.15. The van der Waals surface area contributed by atoms with Gasteiger partial charge in [0.15, 0.2) is 0 Å². The highest BCUT2D eigenvalue weighted by Crippen LogP contribution is 2.35. The fourth-order valence-corrected chi connectivity index (χ4v) is 5.82. The molecule has 4 aromatic carbocycles. The Balaban J connectivity index is 1.42. The zero-order valence-corrected chi connectivity index (χ0v) is 27.2. The van der Waals surface area contributed by atoms with E-state index in [0.29, 0.717) is 0 Å². The fraction of sp³-hybridized carbons (Fsp3) is 0.133. The van der Waals surface area contributed by atoms with Crippen LogP contribution in [0.2, 0.25) is 0 Å². The summed E-state index contributed by atoms with van der Waals surface area (Å²) in [5, 5.41) is 0. The largest absolute Gasteiger partial charge is 0.456 e. The summed E-state index contributed by atoms with van der Waals surface area (Å²) >= 11 is 0. The van der Waals surface area contributed by atoms with Crippen LogP contribution in [-0.4, -0.2) is 0 Å². The number of hydrogen-bond donors (Lipinski definition) is 0.